The highest BCUT2D eigenvalue weighted by molar-refractivity contribution is 5.33. The van der Waals surface area contributed by atoms with Gasteiger partial charge in [-0.2, -0.15) is 0 Å². The van der Waals surface area contributed by atoms with Crippen molar-refractivity contribution in [2.24, 2.45) is 11.1 Å². The molecular formula is C13H19NO. The summed E-state index contributed by atoms with van der Waals surface area (Å²) in [6.45, 7) is 4.34. The van der Waals surface area contributed by atoms with Crippen molar-refractivity contribution in [2.45, 2.75) is 51.5 Å². The molecule has 3 rings (SSSR count). The summed E-state index contributed by atoms with van der Waals surface area (Å²) in [5.74, 6) is 2.73. The van der Waals surface area contributed by atoms with E-state index in [9.17, 15) is 0 Å². The molecule has 0 radical (unpaired) electrons. The Bertz CT molecular complexity index is 387. The van der Waals surface area contributed by atoms with Gasteiger partial charge in [0.1, 0.15) is 11.5 Å². The zero-order chi connectivity index (χ0) is 10.6. The van der Waals surface area contributed by atoms with Gasteiger partial charge in [0, 0.05) is 23.9 Å². The van der Waals surface area contributed by atoms with Crippen molar-refractivity contribution >= 4 is 0 Å². The van der Waals surface area contributed by atoms with Crippen molar-refractivity contribution in [1.82, 2.24) is 0 Å². The lowest BCUT2D eigenvalue weighted by atomic mass is 9.81. The number of nitrogens with two attached hydrogens (primary N) is 1. The molecule has 2 aliphatic rings. The van der Waals surface area contributed by atoms with Gasteiger partial charge >= 0.3 is 0 Å². The van der Waals surface area contributed by atoms with Crippen LogP contribution in [0.15, 0.2) is 10.5 Å². The average molecular weight is 205 g/mol. The van der Waals surface area contributed by atoms with Gasteiger partial charge in [-0.05, 0) is 30.7 Å². The van der Waals surface area contributed by atoms with Crippen LogP contribution in [0.25, 0.3) is 0 Å². The lowest BCUT2D eigenvalue weighted by Gasteiger charge is -2.27. The summed E-state index contributed by atoms with van der Waals surface area (Å²) < 4.78 is 5.88. The summed E-state index contributed by atoms with van der Waals surface area (Å²) in [5, 5.41) is 0. The van der Waals surface area contributed by atoms with Crippen LogP contribution in [0.3, 0.4) is 0 Å². The minimum atomic E-state index is 0.234. The fourth-order valence-electron chi connectivity index (χ4n) is 2.78. The molecule has 1 spiro atoms. The Kier molecular flexibility index (Phi) is 1.82. The van der Waals surface area contributed by atoms with Gasteiger partial charge in [0.25, 0.3) is 0 Å². The molecule has 1 heterocycles. The van der Waals surface area contributed by atoms with Gasteiger partial charge in [0.05, 0.1) is 0 Å². The fraction of sp³-hybridized carbons (Fsp3) is 0.692. The number of hydrogen-bond acceptors (Lipinski definition) is 2. The first kappa shape index (κ1) is 9.46. The molecule has 0 aliphatic heterocycles. The summed E-state index contributed by atoms with van der Waals surface area (Å²) >= 11 is 0. The maximum absolute atomic E-state index is 6.34. The number of furan rings is 1. The summed E-state index contributed by atoms with van der Waals surface area (Å²) in [4.78, 5) is 0. The molecule has 2 aliphatic carbocycles. The van der Waals surface area contributed by atoms with Gasteiger partial charge in [-0.3, -0.25) is 0 Å². The zero-order valence-corrected chi connectivity index (χ0v) is 9.55. The molecule has 82 valence electrons. The third-order valence-electron chi connectivity index (χ3n) is 4.17. The summed E-state index contributed by atoms with van der Waals surface area (Å²) in [5.41, 5.74) is 8.08. The first-order valence-electron chi connectivity index (χ1n) is 6.00. The zero-order valence-electron chi connectivity index (χ0n) is 9.55. The Morgan fingerprint density at radius 1 is 1.40 bits per heavy atom. The van der Waals surface area contributed by atoms with Crippen LogP contribution in [0.5, 0.6) is 0 Å². The highest BCUT2D eigenvalue weighted by Gasteiger charge is 2.51. The largest absolute Gasteiger partial charge is 0.465 e. The van der Waals surface area contributed by atoms with E-state index in [1.807, 2.05) is 0 Å². The maximum Gasteiger partial charge on any atom is 0.108 e. The van der Waals surface area contributed by atoms with E-state index in [1.54, 1.807) is 0 Å². The third-order valence-corrected chi connectivity index (χ3v) is 4.17. The van der Waals surface area contributed by atoms with E-state index in [4.69, 9.17) is 10.2 Å². The van der Waals surface area contributed by atoms with E-state index in [1.165, 1.54) is 24.8 Å². The summed E-state index contributed by atoms with van der Waals surface area (Å²) in [7, 11) is 0. The predicted octanol–water partition coefficient (Wildman–Crippen LogP) is 3.13. The van der Waals surface area contributed by atoms with Gasteiger partial charge < -0.3 is 10.2 Å². The first-order valence-corrected chi connectivity index (χ1v) is 6.00. The number of aryl methyl sites for hydroxylation is 1. The molecule has 0 saturated heterocycles. The van der Waals surface area contributed by atoms with Crippen LogP contribution in [0.4, 0.5) is 0 Å². The van der Waals surface area contributed by atoms with E-state index >= 15 is 0 Å². The molecule has 0 amide bonds. The predicted molar refractivity (Wildman–Crippen MR) is 59.7 cm³/mol. The monoisotopic (exact) mass is 205 g/mol. The maximum atomic E-state index is 6.34. The molecule has 1 fully saturated rings. The quantitative estimate of drug-likeness (QED) is 0.765. The molecule has 1 saturated carbocycles. The normalized spacial score (nSPS) is 27.1. The SMILES string of the molecule is CC(C)c1cc2c(o1)CCC1(CC1)C2N. The smallest absolute Gasteiger partial charge is 0.108 e. The molecule has 1 atom stereocenters. The summed E-state index contributed by atoms with van der Waals surface area (Å²) in [6.07, 6.45) is 4.95. The molecule has 2 N–H and O–H groups in total. The van der Waals surface area contributed by atoms with Crippen molar-refractivity contribution in [2.75, 3.05) is 0 Å². The second kappa shape index (κ2) is 2.88. The van der Waals surface area contributed by atoms with Crippen LogP contribution >= 0.6 is 0 Å². The molecule has 0 bridgehead atoms. The van der Waals surface area contributed by atoms with Gasteiger partial charge in [0.2, 0.25) is 0 Å². The number of fused-ring (bicyclic) bond motifs is 1. The van der Waals surface area contributed by atoms with E-state index in [-0.39, 0.29) is 6.04 Å². The van der Waals surface area contributed by atoms with Gasteiger partial charge in [0.15, 0.2) is 0 Å². The molecule has 1 aromatic heterocycles. The molecule has 1 aromatic rings. The Hall–Kier alpha value is -0.760. The number of hydrogen-bond donors (Lipinski definition) is 1. The van der Waals surface area contributed by atoms with Gasteiger partial charge in [-0.1, -0.05) is 13.8 Å². The first-order chi connectivity index (χ1) is 7.12. The second-order valence-corrected chi connectivity index (χ2v) is 5.52. The van der Waals surface area contributed by atoms with Crippen LogP contribution in [-0.2, 0) is 6.42 Å². The van der Waals surface area contributed by atoms with Gasteiger partial charge in [-0.15, -0.1) is 0 Å². The fourth-order valence-corrected chi connectivity index (χ4v) is 2.78. The van der Waals surface area contributed by atoms with Crippen LogP contribution in [0.2, 0.25) is 0 Å². The Balaban J connectivity index is 2.00. The van der Waals surface area contributed by atoms with E-state index in [0.29, 0.717) is 11.3 Å². The van der Waals surface area contributed by atoms with Crippen LogP contribution in [0.1, 0.15) is 62.2 Å². The standard InChI is InChI=1S/C13H19NO/c1-8(2)11-7-9-10(15-11)3-4-13(5-6-13)12(9)14/h7-8,12H,3-6,14H2,1-2H3. The van der Waals surface area contributed by atoms with Crippen molar-refractivity contribution in [3.63, 3.8) is 0 Å². The number of rotatable bonds is 1. The highest BCUT2D eigenvalue weighted by Crippen LogP contribution is 2.60. The molecule has 2 nitrogen and oxygen atoms in total. The van der Waals surface area contributed by atoms with E-state index in [2.05, 4.69) is 19.9 Å². The van der Waals surface area contributed by atoms with Crippen molar-refractivity contribution in [3.05, 3.63) is 23.2 Å². The average Bonchev–Trinajstić information content (AvgIpc) is 2.83. The lowest BCUT2D eigenvalue weighted by molar-refractivity contribution is 0.321. The Labute approximate surface area is 90.8 Å². The highest BCUT2D eigenvalue weighted by atomic mass is 16.3. The van der Waals surface area contributed by atoms with E-state index < -0.39 is 0 Å². The lowest BCUT2D eigenvalue weighted by Crippen LogP contribution is -2.27. The van der Waals surface area contributed by atoms with Crippen LogP contribution in [0, 0.1) is 5.41 Å². The minimum absolute atomic E-state index is 0.234. The second-order valence-electron chi connectivity index (χ2n) is 5.52. The molecule has 2 heteroatoms. The van der Waals surface area contributed by atoms with Crippen molar-refractivity contribution in [1.29, 1.82) is 0 Å². The third kappa shape index (κ3) is 1.27. The van der Waals surface area contributed by atoms with Crippen LogP contribution < -0.4 is 5.73 Å². The van der Waals surface area contributed by atoms with E-state index in [0.717, 1.165) is 17.9 Å². The van der Waals surface area contributed by atoms with Gasteiger partial charge in [-0.25, -0.2) is 0 Å². The van der Waals surface area contributed by atoms with Crippen LogP contribution in [-0.4, -0.2) is 0 Å². The topological polar surface area (TPSA) is 39.2 Å². The molecular weight excluding hydrogens is 186 g/mol. The molecule has 1 unspecified atom stereocenters. The molecule has 15 heavy (non-hydrogen) atoms. The summed E-state index contributed by atoms with van der Waals surface area (Å²) in [6, 6.07) is 2.43. The Morgan fingerprint density at radius 2 is 2.13 bits per heavy atom. The van der Waals surface area contributed by atoms with Crippen molar-refractivity contribution < 1.29 is 4.42 Å². The van der Waals surface area contributed by atoms with Crippen molar-refractivity contribution in [3.8, 4) is 0 Å². The minimum Gasteiger partial charge on any atom is -0.465 e. The Morgan fingerprint density at radius 3 is 2.73 bits per heavy atom. The molecule has 0 aromatic carbocycles.